The fourth-order valence-corrected chi connectivity index (χ4v) is 2.15. The highest BCUT2D eigenvalue weighted by Crippen LogP contribution is 2.07. The first-order valence-electron chi connectivity index (χ1n) is 6.57. The molecule has 0 radical (unpaired) electrons. The van der Waals surface area contributed by atoms with Gasteiger partial charge in [0, 0.05) is 39.8 Å². The van der Waals surface area contributed by atoms with Crippen LogP contribution in [0.3, 0.4) is 0 Å². The van der Waals surface area contributed by atoms with Crippen molar-refractivity contribution in [1.29, 1.82) is 0 Å². The normalized spacial score (nSPS) is 15.0. The van der Waals surface area contributed by atoms with Gasteiger partial charge in [-0.25, -0.2) is 4.39 Å². The summed E-state index contributed by atoms with van der Waals surface area (Å²) >= 11 is 0. The zero-order valence-corrected chi connectivity index (χ0v) is 11.4. The van der Waals surface area contributed by atoms with Gasteiger partial charge in [0.1, 0.15) is 5.82 Å². The number of carbonyl (C=O) groups excluding carboxylic acids is 2. The van der Waals surface area contributed by atoms with Gasteiger partial charge in [-0.2, -0.15) is 0 Å². The summed E-state index contributed by atoms with van der Waals surface area (Å²) in [4.78, 5) is 26.9. The minimum atomic E-state index is -0.559. The van der Waals surface area contributed by atoms with Crippen LogP contribution in [-0.2, 0) is 16.1 Å². The second-order valence-electron chi connectivity index (χ2n) is 4.83. The number of nitrogens with one attached hydrogen (secondary N) is 1. The summed E-state index contributed by atoms with van der Waals surface area (Å²) in [6.07, 6.45) is 0. The average Bonchev–Trinajstić information content (AvgIpc) is 2.46. The predicted octanol–water partition coefficient (Wildman–Crippen LogP) is 0.216. The van der Waals surface area contributed by atoms with E-state index in [0.29, 0.717) is 31.7 Å². The van der Waals surface area contributed by atoms with Crippen molar-refractivity contribution >= 4 is 11.8 Å². The van der Waals surface area contributed by atoms with Crippen LogP contribution in [-0.4, -0.2) is 54.8 Å². The van der Waals surface area contributed by atoms with Crippen molar-refractivity contribution < 1.29 is 14.0 Å². The molecule has 1 aromatic carbocycles. The molecular weight excluding hydrogens is 261 g/mol. The van der Waals surface area contributed by atoms with Crippen LogP contribution in [0.2, 0.25) is 0 Å². The predicted molar refractivity (Wildman–Crippen MR) is 72.3 cm³/mol. The van der Waals surface area contributed by atoms with Crippen molar-refractivity contribution in [2.24, 2.45) is 0 Å². The smallest absolute Gasteiger partial charge is 0.312 e. The zero-order chi connectivity index (χ0) is 14.5. The minimum absolute atomic E-state index is 0.217. The fraction of sp³-hybridized carbons (Fsp3) is 0.429. The second-order valence-corrected chi connectivity index (χ2v) is 4.83. The summed E-state index contributed by atoms with van der Waals surface area (Å²) in [5, 5.41) is 3.12. The summed E-state index contributed by atoms with van der Waals surface area (Å²) in [6, 6.07) is 6.01. The molecule has 0 unspecified atom stereocenters. The highest BCUT2D eigenvalue weighted by Gasteiger charge is 2.25. The number of carbonyl (C=O) groups is 2. The second kappa shape index (κ2) is 6.47. The lowest BCUT2D eigenvalue weighted by atomic mass is 10.2. The van der Waals surface area contributed by atoms with Crippen molar-refractivity contribution in [3.05, 3.63) is 35.6 Å². The highest BCUT2D eigenvalue weighted by atomic mass is 19.1. The molecule has 6 heteroatoms. The van der Waals surface area contributed by atoms with Crippen molar-refractivity contribution in [1.82, 2.24) is 15.1 Å². The van der Waals surface area contributed by atoms with Gasteiger partial charge in [-0.3, -0.25) is 9.59 Å². The largest absolute Gasteiger partial charge is 0.333 e. The molecule has 1 fully saturated rings. The van der Waals surface area contributed by atoms with E-state index in [-0.39, 0.29) is 12.4 Å². The highest BCUT2D eigenvalue weighted by molar-refractivity contribution is 6.34. The quantitative estimate of drug-likeness (QED) is 0.788. The number of halogens is 1. The lowest BCUT2D eigenvalue weighted by Crippen LogP contribution is -2.51. The molecule has 1 N–H and O–H groups in total. The molecule has 2 amide bonds. The van der Waals surface area contributed by atoms with Crippen LogP contribution in [0.1, 0.15) is 5.56 Å². The van der Waals surface area contributed by atoms with Gasteiger partial charge in [0.25, 0.3) is 0 Å². The van der Waals surface area contributed by atoms with Crippen LogP contribution in [0.15, 0.2) is 24.3 Å². The first-order valence-corrected chi connectivity index (χ1v) is 6.57. The fourth-order valence-electron chi connectivity index (χ4n) is 2.15. The van der Waals surface area contributed by atoms with E-state index < -0.39 is 11.8 Å². The third-order valence-electron chi connectivity index (χ3n) is 3.24. The Balaban J connectivity index is 1.95. The Morgan fingerprint density at radius 3 is 2.70 bits per heavy atom. The van der Waals surface area contributed by atoms with E-state index >= 15 is 0 Å². The SMILES string of the molecule is CN(Cc1cccc(F)c1)C(=O)C(=O)N1CCNCC1. The minimum Gasteiger partial charge on any atom is -0.333 e. The standard InChI is InChI=1S/C14H18FN3O2/c1-17(10-11-3-2-4-12(15)9-11)13(19)14(20)18-7-5-16-6-8-18/h2-4,9,16H,5-8,10H2,1H3. The average molecular weight is 279 g/mol. The van der Waals surface area contributed by atoms with Crippen LogP contribution in [0.25, 0.3) is 0 Å². The van der Waals surface area contributed by atoms with Gasteiger partial charge >= 0.3 is 11.8 Å². The van der Waals surface area contributed by atoms with Crippen molar-refractivity contribution in [3.63, 3.8) is 0 Å². The number of hydrogen-bond acceptors (Lipinski definition) is 3. The van der Waals surface area contributed by atoms with E-state index in [1.54, 1.807) is 24.1 Å². The Morgan fingerprint density at radius 2 is 2.05 bits per heavy atom. The maximum Gasteiger partial charge on any atom is 0.312 e. The molecule has 5 nitrogen and oxygen atoms in total. The van der Waals surface area contributed by atoms with Gasteiger partial charge in [0.15, 0.2) is 0 Å². The maximum atomic E-state index is 13.1. The summed E-state index contributed by atoms with van der Waals surface area (Å²) in [5.41, 5.74) is 0.661. The number of amides is 2. The molecule has 20 heavy (non-hydrogen) atoms. The molecule has 1 aliphatic heterocycles. The summed E-state index contributed by atoms with van der Waals surface area (Å²) in [5.74, 6) is -1.40. The first-order chi connectivity index (χ1) is 9.58. The van der Waals surface area contributed by atoms with E-state index in [4.69, 9.17) is 0 Å². The number of benzene rings is 1. The summed E-state index contributed by atoms with van der Waals surface area (Å²) in [6.45, 7) is 2.70. The van der Waals surface area contributed by atoms with Gasteiger partial charge in [0.05, 0.1) is 0 Å². The lowest BCUT2D eigenvalue weighted by molar-refractivity contribution is -0.151. The van der Waals surface area contributed by atoms with Crippen LogP contribution in [0.4, 0.5) is 4.39 Å². The van der Waals surface area contributed by atoms with E-state index in [0.717, 1.165) is 0 Å². The van der Waals surface area contributed by atoms with E-state index in [2.05, 4.69) is 5.32 Å². The van der Waals surface area contributed by atoms with Crippen molar-refractivity contribution in [2.75, 3.05) is 33.2 Å². The number of likely N-dealkylation sites (N-methyl/N-ethyl adjacent to an activating group) is 1. The summed E-state index contributed by atoms with van der Waals surface area (Å²) in [7, 11) is 1.55. The number of nitrogens with zero attached hydrogens (tertiary/aromatic N) is 2. The molecule has 0 aliphatic carbocycles. The van der Waals surface area contributed by atoms with Gasteiger partial charge < -0.3 is 15.1 Å². The summed E-state index contributed by atoms with van der Waals surface area (Å²) < 4.78 is 13.1. The van der Waals surface area contributed by atoms with Gasteiger partial charge in [-0.15, -0.1) is 0 Å². The molecule has 0 saturated carbocycles. The molecule has 1 aromatic rings. The van der Waals surface area contributed by atoms with E-state index in [1.807, 2.05) is 0 Å². The lowest BCUT2D eigenvalue weighted by Gasteiger charge is -2.28. The Bertz CT molecular complexity index is 501. The molecule has 0 spiro atoms. The van der Waals surface area contributed by atoms with Crippen LogP contribution in [0, 0.1) is 5.82 Å². The third-order valence-corrected chi connectivity index (χ3v) is 3.24. The van der Waals surface area contributed by atoms with Gasteiger partial charge in [0.2, 0.25) is 0 Å². The molecule has 108 valence electrons. The number of rotatable bonds is 2. The van der Waals surface area contributed by atoms with Crippen molar-refractivity contribution in [2.45, 2.75) is 6.54 Å². The van der Waals surface area contributed by atoms with E-state index in [9.17, 15) is 14.0 Å². The molecule has 0 atom stereocenters. The number of hydrogen-bond donors (Lipinski definition) is 1. The topological polar surface area (TPSA) is 52.7 Å². The van der Waals surface area contributed by atoms with Gasteiger partial charge in [-0.05, 0) is 17.7 Å². The molecule has 0 bridgehead atoms. The van der Waals surface area contributed by atoms with Crippen LogP contribution in [0.5, 0.6) is 0 Å². The van der Waals surface area contributed by atoms with E-state index in [1.165, 1.54) is 17.0 Å². The maximum absolute atomic E-state index is 13.1. The Hall–Kier alpha value is -1.95. The molecule has 1 aliphatic rings. The number of piperazine rings is 1. The molecular formula is C14H18FN3O2. The van der Waals surface area contributed by atoms with Crippen molar-refractivity contribution in [3.8, 4) is 0 Å². The molecule has 1 saturated heterocycles. The Labute approximate surface area is 117 Å². The molecule has 2 rings (SSSR count). The molecule has 0 aromatic heterocycles. The van der Waals surface area contributed by atoms with Crippen LogP contribution >= 0.6 is 0 Å². The molecule has 1 heterocycles. The monoisotopic (exact) mass is 279 g/mol. The Morgan fingerprint density at radius 1 is 1.35 bits per heavy atom. The zero-order valence-electron chi connectivity index (χ0n) is 11.4. The van der Waals surface area contributed by atoms with Crippen LogP contribution < -0.4 is 5.32 Å². The first kappa shape index (κ1) is 14.5. The Kier molecular flexibility index (Phi) is 4.68. The third kappa shape index (κ3) is 3.54. The van der Waals surface area contributed by atoms with Gasteiger partial charge in [-0.1, -0.05) is 12.1 Å².